The number of carbonyl (C=O) groups is 2. The molecular formula is C31H43N11O5. The summed E-state index contributed by atoms with van der Waals surface area (Å²) in [6.07, 6.45) is 6.34. The van der Waals surface area contributed by atoms with E-state index < -0.39 is 11.6 Å². The van der Waals surface area contributed by atoms with E-state index in [1.165, 1.54) is 0 Å². The van der Waals surface area contributed by atoms with E-state index in [0.717, 1.165) is 63.6 Å². The Hall–Kier alpha value is -4.83. The van der Waals surface area contributed by atoms with Gasteiger partial charge in [-0.05, 0) is 64.4 Å². The molecule has 0 atom stereocenters. The first kappa shape index (κ1) is 33.5. The monoisotopic (exact) mass is 649 g/mol. The normalized spacial score (nSPS) is 14.3. The highest BCUT2D eigenvalue weighted by atomic mass is 16.6. The van der Waals surface area contributed by atoms with Gasteiger partial charge in [-0.25, -0.2) is 9.78 Å². The van der Waals surface area contributed by atoms with Crippen molar-refractivity contribution in [3.8, 4) is 11.4 Å². The fraction of sp³-hybridized carbons (Fsp3) is 0.516. The smallest absolute Gasteiger partial charge is 0.407 e. The molecule has 1 aliphatic rings. The molecule has 1 aliphatic heterocycles. The number of carboxylic acid groups (broad SMARTS) is 1. The van der Waals surface area contributed by atoms with Crippen molar-refractivity contribution in [2.75, 3.05) is 57.7 Å². The lowest BCUT2D eigenvalue weighted by atomic mass is 10.2. The number of piperazine rings is 1. The second kappa shape index (κ2) is 15.6. The van der Waals surface area contributed by atoms with E-state index in [9.17, 15) is 9.59 Å². The van der Waals surface area contributed by atoms with Crippen molar-refractivity contribution in [2.24, 2.45) is 0 Å². The number of hydrogen-bond donors (Lipinski definition) is 3. The quantitative estimate of drug-likeness (QED) is 0.160. The lowest BCUT2D eigenvalue weighted by Crippen LogP contribution is -2.47. The number of aliphatic carboxylic acids is 1. The SMILES string of the molecule is CC(C)(C)OC(=O)NCCCN1CCN(CCn2cc(Nc3ncc4nnn(-c5ccc(OCCCC(=O)O)cc5)c4n3)cn2)CC1. The Balaban J connectivity index is 1.05. The minimum Gasteiger partial charge on any atom is -0.494 e. The number of amides is 1. The number of nitrogens with zero attached hydrogens (tertiary/aromatic N) is 9. The van der Waals surface area contributed by atoms with Gasteiger partial charge in [0.1, 0.15) is 11.4 Å². The molecule has 252 valence electrons. The van der Waals surface area contributed by atoms with Crippen LogP contribution < -0.4 is 15.4 Å². The highest BCUT2D eigenvalue weighted by molar-refractivity contribution is 5.72. The topological polar surface area (TPSA) is 178 Å². The van der Waals surface area contributed by atoms with Gasteiger partial charge in [0.25, 0.3) is 0 Å². The molecule has 16 heteroatoms. The standard InChI is InChI=1S/C31H43N11O5/c1-31(2,3)47-30(45)32-11-5-12-39-13-15-40(16-14-39)17-18-41-22-23(20-34-41)35-29-33-21-26-28(36-29)42(38-37-26)24-7-9-25(10-8-24)46-19-4-6-27(43)44/h7-10,20-22H,4-6,11-19H2,1-3H3,(H,32,45)(H,43,44)(H,33,35,36). The molecule has 1 aromatic carbocycles. The van der Waals surface area contributed by atoms with Gasteiger partial charge in [0.05, 0.1) is 36.9 Å². The zero-order valence-electron chi connectivity index (χ0n) is 27.1. The fourth-order valence-electron chi connectivity index (χ4n) is 5.03. The summed E-state index contributed by atoms with van der Waals surface area (Å²) < 4.78 is 14.4. The third kappa shape index (κ3) is 10.3. The van der Waals surface area contributed by atoms with Crippen LogP contribution in [0.2, 0.25) is 0 Å². The van der Waals surface area contributed by atoms with Crippen molar-refractivity contribution in [3.05, 3.63) is 42.9 Å². The Morgan fingerprint density at radius 1 is 0.979 bits per heavy atom. The number of benzene rings is 1. The number of alkyl carbamates (subject to hydrolysis) is 1. The highest BCUT2D eigenvalue weighted by Crippen LogP contribution is 2.20. The Labute approximate surface area is 273 Å². The average molecular weight is 650 g/mol. The third-order valence-corrected chi connectivity index (χ3v) is 7.40. The first-order chi connectivity index (χ1) is 22.6. The van der Waals surface area contributed by atoms with E-state index in [0.29, 0.717) is 42.4 Å². The van der Waals surface area contributed by atoms with Crippen LogP contribution >= 0.6 is 0 Å². The summed E-state index contributed by atoms with van der Waals surface area (Å²) in [5, 5.41) is 27.7. The van der Waals surface area contributed by atoms with E-state index in [1.807, 2.05) is 43.8 Å². The lowest BCUT2D eigenvalue weighted by Gasteiger charge is -2.34. The zero-order valence-corrected chi connectivity index (χ0v) is 27.1. The molecule has 5 rings (SSSR count). The largest absolute Gasteiger partial charge is 0.494 e. The van der Waals surface area contributed by atoms with Crippen LogP contribution in [0.1, 0.15) is 40.0 Å². The number of rotatable bonds is 15. The zero-order chi connectivity index (χ0) is 33.2. The molecule has 4 heterocycles. The Morgan fingerprint density at radius 3 is 2.45 bits per heavy atom. The molecule has 0 bridgehead atoms. The van der Waals surface area contributed by atoms with Gasteiger partial charge in [-0.2, -0.15) is 14.8 Å². The number of aromatic nitrogens is 7. The molecule has 3 aromatic heterocycles. The number of ether oxygens (including phenoxy) is 2. The minimum absolute atomic E-state index is 0.0682. The lowest BCUT2D eigenvalue weighted by molar-refractivity contribution is -0.137. The molecule has 47 heavy (non-hydrogen) atoms. The van der Waals surface area contributed by atoms with Crippen molar-refractivity contribution in [1.29, 1.82) is 0 Å². The van der Waals surface area contributed by atoms with Crippen molar-refractivity contribution in [2.45, 2.75) is 52.2 Å². The third-order valence-electron chi connectivity index (χ3n) is 7.40. The molecular weight excluding hydrogens is 606 g/mol. The predicted molar refractivity (Wildman–Crippen MR) is 174 cm³/mol. The van der Waals surface area contributed by atoms with Gasteiger partial charge in [0.2, 0.25) is 5.95 Å². The van der Waals surface area contributed by atoms with Gasteiger partial charge < -0.3 is 30.1 Å². The first-order valence-electron chi connectivity index (χ1n) is 15.9. The van der Waals surface area contributed by atoms with Crippen LogP contribution in [0.15, 0.2) is 42.9 Å². The molecule has 1 amide bonds. The summed E-state index contributed by atoms with van der Waals surface area (Å²) in [5.41, 5.74) is 2.14. The minimum atomic E-state index is -0.840. The van der Waals surface area contributed by atoms with E-state index in [2.05, 4.69) is 45.8 Å². The summed E-state index contributed by atoms with van der Waals surface area (Å²) in [7, 11) is 0. The van der Waals surface area contributed by atoms with E-state index in [4.69, 9.17) is 14.6 Å². The average Bonchev–Trinajstić information content (AvgIpc) is 3.67. The Kier molecular flexibility index (Phi) is 11.2. The Bertz CT molecular complexity index is 1610. The van der Waals surface area contributed by atoms with Crippen LogP contribution in [0.5, 0.6) is 5.75 Å². The predicted octanol–water partition coefficient (Wildman–Crippen LogP) is 2.93. The van der Waals surface area contributed by atoms with Crippen molar-refractivity contribution >= 4 is 34.9 Å². The molecule has 16 nitrogen and oxygen atoms in total. The molecule has 0 aliphatic carbocycles. The molecule has 1 fully saturated rings. The van der Waals surface area contributed by atoms with Gasteiger partial charge in [0, 0.05) is 51.9 Å². The van der Waals surface area contributed by atoms with E-state index in [-0.39, 0.29) is 12.5 Å². The van der Waals surface area contributed by atoms with Gasteiger partial charge in [-0.3, -0.25) is 14.4 Å². The number of nitrogens with one attached hydrogen (secondary N) is 2. The first-order valence-corrected chi connectivity index (χ1v) is 15.9. The molecule has 0 saturated carbocycles. The second-order valence-electron chi connectivity index (χ2n) is 12.3. The van der Waals surface area contributed by atoms with Crippen LogP contribution in [-0.2, 0) is 16.1 Å². The maximum Gasteiger partial charge on any atom is 0.407 e. The maximum atomic E-state index is 11.8. The van der Waals surface area contributed by atoms with Crippen molar-refractivity contribution in [3.63, 3.8) is 0 Å². The maximum absolute atomic E-state index is 11.8. The van der Waals surface area contributed by atoms with E-state index >= 15 is 0 Å². The molecule has 0 spiro atoms. The van der Waals surface area contributed by atoms with Gasteiger partial charge in [0.15, 0.2) is 11.2 Å². The number of carboxylic acids is 1. The molecule has 0 radical (unpaired) electrons. The van der Waals surface area contributed by atoms with Crippen molar-refractivity contribution in [1.82, 2.24) is 49.9 Å². The highest BCUT2D eigenvalue weighted by Gasteiger charge is 2.18. The van der Waals surface area contributed by atoms with E-state index in [1.54, 1.807) is 29.2 Å². The summed E-state index contributed by atoms with van der Waals surface area (Å²) in [6, 6.07) is 7.28. The van der Waals surface area contributed by atoms with Crippen LogP contribution in [0.3, 0.4) is 0 Å². The van der Waals surface area contributed by atoms with Crippen LogP contribution in [0.25, 0.3) is 16.9 Å². The van der Waals surface area contributed by atoms with Gasteiger partial charge >= 0.3 is 12.1 Å². The van der Waals surface area contributed by atoms with Crippen LogP contribution in [0, 0.1) is 0 Å². The van der Waals surface area contributed by atoms with Crippen LogP contribution in [-0.4, -0.2) is 120 Å². The number of fused-ring (bicyclic) bond motifs is 1. The molecule has 0 unspecified atom stereocenters. The van der Waals surface area contributed by atoms with Crippen LogP contribution in [0.4, 0.5) is 16.4 Å². The van der Waals surface area contributed by atoms with Crippen molar-refractivity contribution < 1.29 is 24.2 Å². The van der Waals surface area contributed by atoms with Gasteiger partial charge in [-0.1, -0.05) is 5.21 Å². The summed E-state index contributed by atoms with van der Waals surface area (Å²) >= 11 is 0. The van der Waals surface area contributed by atoms with Gasteiger partial charge in [-0.15, -0.1) is 5.10 Å². The number of carbonyl (C=O) groups excluding carboxylic acids is 1. The molecule has 3 N–H and O–H groups in total. The summed E-state index contributed by atoms with van der Waals surface area (Å²) in [4.78, 5) is 36.4. The summed E-state index contributed by atoms with van der Waals surface area (Å²) in [6.45, 7) is 13.1. The molecule has 4 aromatic rings. The summed E-state index contributed by atoms with van der Waals surface area (Å²) in [5.74, 6) is 0.200. The second-order valence-corrected chi connectivity index (χ2v) is 12.3. The fourth-order valence-corrected chi connectivity index (χ4v) is 5.03. The molecule has 1 saturated heterocycles. The Morgan fingerprint density at radius 2 is 1.72 bits per heavy atom. The number of anilines is 2. The number of hydrogen-bond acceptors (Lipinski definition) is 12.